The molecule has 0 unspecified atom stereocenters. The number of hydrogen-bond acceptors (Lipinski definition) is 4. The predicted octanol–water partition coefficient (Wildman–Crippen LogP) is 3.81. The molecule has 1 fully saturated rings. The molecule has 2 heterocycles. The molecule has 0 N–H and O–H groups in total. The SMILES string of the molecule is CN(C(=O)CCOc1ccc(F)cc1Cl)C1CCN(CCc2ccccn2)CC1. The van der Waals surface area contributed by atoms with Gasteiger partial charge in [-0.2, -0.15) is 0 Å². The van der Waals surface area contributed by atoms with Crippen molar-refractivity contribution in [3.63, 3.8) is 0 Å². The molecule has 5 nitrogen and oxygen atoms in total. The summed E-state index contributed by atoms with van der Waals surface area (Å²) in [4.78, 5) is 21.1. The van der Waals surface area contributed by atoms with Gasteiger partial charge in [-0.1, -0.05) is 17.7 Å². The summed E-state index contributed by atoms with van der Waals surface area (Å²) in [7, 11) is 1.86. The molecule has 1 aliphatic rings. The van der Waals surface area contributed by atoms with E-state index in [9.17, 15) is 9.18 Å². The van der Waals surface area contributed by atoms with E-state index >= 15 is 0 Å². The van der Waals surface area contributed by atoms with Gasteiger partial charge < -0.3 is 14.5 Å². The fraction of sp³-hybridized carbons (Fsp3) is 0.455. The number of piperidine rings is 1. The monoisotopic (exact) mass is 419 g/mol. The van der Waals surface area contributed by atoms with Gasteiger partial charge in [-0.25, -0.2) is 4.39 Å². The van der Waals surface area contributed by atoms with Crippen molar-refractivity contribution in [3.05, 3.63) is 59.1 Å². The van der Waals surface area contributed by atoms with Crippen LogP contribution in [0.2, 0.25) is 5.02 Å². The topological polar surface area (TPSA) is 45.7 Å². The number of aromatic nitrogens is 1. The van der Waals surface area contributed by atoms with Crippen molar-refractivity contribution < 1.29 is 13.9 Å². The highest BCUT2D eigenvalue weighted by atomic mass is 35.5. The summed E-state index contributed by atoms with van der Waals surface area (Å²) in [6.07, 6.45) is 4.98. The third kappa shape index (κ3) is 6.41. The zero-order valence-corrected chi connectivity index (χ0v) is 17.4. The third-order valence-corrected chi connectivity index (χ3v) is 5.67. The maximum Gasteiger partial charge on any atom is 0.225 e. The fourth-order valence-electron chi connectivity index (χ4n) is 3.57. The summed E-state index contributed by atoms with van der Waals surface area (Å²) >= 11 is 5.94. The molecule has 2 aromatic rings. The van der Waals surface area contributed by atoms with Gasteiger partial charge in [0.05, 0.1) is 18.1 Å². The molecule has 0 saturated carbocycles. The average Bonchev–Trinajstić information content (AvgIpc) is 2.74. The van der Waals surface area contributed by atoms with E-state index in [0.717, 1.165) is 44.6 Å². The van der Waals surface area contributed by atoms with E-state index < -0.39 is 5.82 Å². The summed E-state index contributed by atoms with van der Waals surface area (Å²) in [6, 6.07) is 10.2. The number of nitrogens with zero attached hydrogens (tertiary/aromatic N) is 3. The molecule has 0 aliphatic carbocycles. The molecular weight excluding hydrogens is 393 g/mol. The van der Waals surface area contributed by atoms with Crippen LogP contribution < -0.4 is 4.74 Å². The summed E-state index contributed by atoms with van der Waals surface area (Å²) in [6.45, 7) is 3.18. The van der Waals surface area contributed by atoms with E-state index in [4.69, 9.17) is 16.3 Å². The molecule has 7 heteroatoms. The average molecular weight is 420 g/mol. The second-order valence-electron chi connectivity index (χ2n) is 7.32. The first-order chi connectivity index (χ1) is 14.0. The van der Waals surface area contributed by atoms with Crippen LogP contribution in [0.5, 0.6) is 5.75 Å². The fourth-order valence-corrected chi connectivity index (χ4v) is 3.79. The van der Waals surface area contributed by atoms with Crippen LogP contribution in [0.4, 0.5) is 4.39 Å². The lowest BCUT2D eigenvalue weighted by molar-refractivity contribution is -0.133. The van der Waals surface area contributed by atoms with Gasteiger partial charge in [0, 0.05) is 51.0 Å². The van der Waals surface area contributed by atoms with Crippen LogP contribution in [-0.2, 0) is 11.2 Å². The Morgan fingerprint density at radius 2 is 2.10 bits per heavy atom. The van der Waals surface area contributed by atoms with E-state index in [0.29, 0.717) is 5.75 Å². The van der Waals surface area contributed by atoms with Gasteiger partial charge in [-0.05, 0) is 43.2 Å². The van der Waals surface area contributed by atoms with Gasteiger partial charge in [-0.3, -0.25) is 9.78 Å². The van der Waals surface area contributed by atoms with Gasteiger partial charge in [0.25, 0.3) is 0 Å². The Kier molecular flexibility index (Phi) is 7.83. The van der Waals surface area contributed by atoms with E-state index in [-0.39, 0.29) is 30.0 Å². The lowest BCUT2D eigenvalue weighted by atomic mass is 10.0. The lowest BCUT2D eigenvalue weighted by Gasteiger charge is -2.36. The summed E-state index contributed by atoms with van der Waals surface area (Å²) in [5.74, 6) is 0.0319. The molecule has 0 bridgehead atoms. The van der Waals surface area contributed by atoms with Crippen LogP contribution in [0.25, 0.3) is 0 Å². The molecule has 1 amide bonds. The number of ether oxygens (including phenoxy) is 1. The first-order valence-electron chi connectivity index (χ1n) is 9.98. The van der Waals surface area contributed by atoms with Gasteiger partial charge in [0.15, 0.2) is 0 Å². The number of halogens is 2. The number of carbonyl (C=O) groups excluding carboxylic acids is 1. The zero-order valence-electron chi connectivity index (χ0n) is 16.7. The Balaban J connectivity index is 1.37. The summed E-state index contributed by atoms with van der Waals surface area (Å²) < 4.78 is 18.6. The second kappa shape index (κ2) is 10.6. The van der Waals surface area contributed by atoms with Crippen molar-refractivity contribution >= 4 is 17.5 Å². The standard InChI is InChI=1S/C22H27ClFN3O2/c1-26(22(28)10-15-29-21-6-5-17(24)16-20(21)23)19-8-13-27(14-9-19)12-7-18-4-2-3-11-25-18/h2-6,11,16,19H,7-10,12-15H2,1H3. The number of carbonyl (C=O) groups is 1. The first kappa shape index (κ1) is 21.5. The molecule has 29 heavy (non-hydrogen) atoms. The van der Waals surface area contributed by atoms with Crippen LogP contribution in [0.3, 0.4) is 0 Å². The quantitative estimate of drug-likeness (QED) is 0.652. The summed E-state index contributed by atoms with van der Waals surface area (Å²) in [5.41, 5.74) is 1.11. The lowest BCUT2D eigenvalue weighted by Crippen LogP contribution is -2.46. The second-order valence-corrected chi connectivity index (χ2v) is 7.73. The Hall–Kier alpha value is -2.18. The van der Waals surface area contributed by atoms with Crippen molar-refractivity contribution in [1.82, 2.24) is 14.8 Å². The van der Waals surface area contributed by atoms with Crippen molar-refractivity contribution in [1.29, 1.82) is 0 Å². The molecule has 3 rings (SSSR count). The Morgan fingerprint density at radius 3 is 2.79 bits per heavy atom. The van der Waals surface area contributed by atoms with E-state index in [1.807, 2.05) is 30.3 Å². The molecule has 156 valence electrons. The van der Waals surface area contributed by atoms with Crippen LogP contribution >= 0.6 is 11.6 Å². The van der Waals surface area contributed by atoms with Crippen LogP contribution in [0.1, 0.15) is 25.0 Å². The molecule has 1 aromatic heterocycles. The highest BCUT2D eigenvalue weighted by Gasteiger charge is 2.25. The first-order valence-corrected chi connectivity index (χ1v) is 10.4. The van der Waals surface area contributed by atoms with E-state index in [1.54, 1.807) is 0 Å². The van der Waals surface area contributed by atoms with Gasteiger partial charge in [-0.15, -0.1) is 0 Å². The van der Waals surface area contributed by atoms with Crippen molar-refractivity contribution in [3.8, 4) is 5.75 Å². The minimum Gasteiger partial charge on any atom is -0.491 e. The zero-order chi connectivity index (χ0) is 20.6. The maximum atomic E-state index is 13.1. The summed E-state index contributed by atoms with van der Waals surface area (Å²) in [5, 5.41) is 0.212. The van der Waals surface area contributed by atoms with Crippen LogP contribution in [0.15, 0.2) is 42.6 Å². The van der Waals surface area contributed by atoms with Gasteiger partial charge in [0.1, 0.15) is 11.6 Å². The number of rotatable bonds is 8. The number of pyridine rings is 1. The number of benzene rings is 1. The van der Waals surface area contributed by atoms with Crippen LogP contribution in [0, 0.1) is 5.82 Å². The van der Waals surface area contributed by atoms with Gasteiger partial charge in [0.2, 0.25) is 5.91 Å². The smallest absolute Gasteiger partial charge is 0.225 e. The molecule has 0 atom stereocenters. The minimum atomic E-state index is -0.412. The molecule has 0 radical (unpaired) electrons. The normalized spacial score (nSPS) is 15.3. The number of amides is 1. The highest BCUT2D eigenvalue weighted by molar-refractivity contribution is 6.32. The predicted molar refractivity (Wildman–Crippen MR) is 112 cm³/mol. The molecule has 1 aromatic carbocycles. The molecule has 1 aliphatic heterocycles. The Morgan fingerprint density at radius 1 is 1.31 bits per heavy atom. The van der Waals surface area contributed by atoms with E-state index in [2.05, 4.69) is 16.0 Å². The van der Waals surface area contributed by atoms with E-state index in [1.165, 1.54) is 18.2 Å². The number of hydrogen-bond donors (Lipinski definition) is 0. The maximum absolute atomic E-state index is 13.1. The third-order valence-electron chi connectivity index (χ3n) is 5.38. The number of likely N-dealkylation sites (tertiary alicyclic amines) is 1. The largest absolute Gasteiger partial charge is 0.491 e. The highest BCUT2D eigenvalue weighted by Crippen LogP contribution is 2.25. The molecular formula is C22H27ClFN3O2. The Labute approximate surface area is 176 Å². The van der Waals surface area contributed by atoms with Crippen molar-refractivity contribution in [2.75, 3.05) is 33.3 Å². The molecule has 0 spiro atoms. The van der Waals surface area contributed by atoms with Crippen molar-refractivity contribution in [2.45, 2.75) is 31.7 Å². The molecule has 1 saturated heterocycles. The minimum absolute atomic E-state index is 0.0511. The Bertz CT molecular complexity index is 798. The van der Waals surface area contributed by atoms with Crippen molar-refractivity contribution in [2.24, 2.45) is 0 Å². The van der Waals surface area contributed by atoms with Crippen LogP contribution in [-0.4, -0.2) is 60.0 Å². The van der Waals surface area contributed by atoms with Gasteiger partial charge >= 0.3 is 0 Å².